The largest absolute Gasteiger partial charge is 0.384 e. The molecule has 0 aliphatic heterocycles. The van der Waals surface area contributed by atoms with Gasteiger partial charge in [0.05, 0.1) is 31.3 Å². The van der Waals surface area contributed by atoms with E-state index in [1.54, 1.807) is 67.1 Å². The standard InChI is InChI=1S/C25H21Cl3N2O3S/c1-25(2,31)22-14-30(24(29-22)18-8-5-9-19(26)23(18)28)21-11-10-16(13-20(21)27)15-6-4-7-17(12-15)34(3,32)33/h4-14,31H,1-3H3. The van der Waals surface area contributed by atoms with Crippen LogP contribution in [0.15, 0.2) is 71.8 Å². The van der Waals surface area contributed by atoms with Gasteiger partial charge in [0.25, 0.3) is 0 Å². The molecular weight excluding hydrogens is 515 g/mol. The van der Waals surface area contributed by atoms with E-state index in [2.05, 4.69) is 4.98 Å². The third-order valence-electron chi connectivity index (χ3n) is 5.33. The van der Waals surface area contributed by atoms with Gasteiger partial charge < -0.3 is 5.11 Å². The monoisotopic (exact) mass is 534 g/mol. The van der Waals surface area contributed by atoms with Crippen LogP contribution in [0.1, 0.15) is 19.5 Å². The first-order chi connectivity index (χ1) is 15.9. The lowest BCUT2D eigenvalue weighted by atomic mass is 10.1. The summed E-state index contributed by atoms with van der Waals surface area (Å²) in [7, 11) is -3.34. The lowest BCUT2D eigenvalue weighted by Crippen LogP contribution is -2.15. The Bertz CT molecular complexity index is 1510. The fourth-order valence-electron chi connectivity index (χ4n) is 3.51. The number of halogens is 3. The SMILES string of the molecule is CC(C)(O)c1cn(-c2ccc(-c3cccc(S(C)(=O)=O)c3)cc2Cl)c(-c2cccc(Cl)c2Cl)n1. The first-order valence-electron chi connectivity index (χ1n) is 10.2. The third kappa shape index (κ3) is 4.88. The number of benzene rings is 3. The molecule has 0 fully saturated rings. The highest BCUT2D eigenvalue weighted by Gasteiger charge is 2.25. The Morgan fingerprint density at radius 2 is 1.59 bits per heavy atom. The second-order valence-electron chi connectivity index (χ2n) is 8.45. The third-order valence-corrected chi connectivity index (χ3v) is 7.56. The van der Waals surface area contributed by atoms with Crippen molar-refractivity contribution in [1.82, 2.24) is 9.55 Å². The zero-order chi connectivity index (χ0) is 24.8. The molecule has 0 saturated carbocycles. The number of aromatic nitrogens is 2. The first-order valence-corrected chi connectivity index (χ1v) is 13.3. The second-order valence-corrected chi connectivity index (χ2v) is 11.7. The summed E-state index contributed by atoms with van der Waals surface area (Å²) in [5.74, 6) is 0.471. The summed E-state index contributed by atoms with van der Waals surface area (Å²) in [5, 5.41) is 11.7. The lowest BCUT2D eigenvalue weighted by molar-refractivity contribution is 0.0743. The van der Waals surface area contributed by atoms with Gasteiger partial charge in [-0.05, 0) is 61.4 Å². The van der Waals surface area contributed by atoms with Crippen molar-refractivity contribution >= 4 is 44.6 Å². The van der Waals surface area contributed by atoms with Crippen LogP contribution in [0.25, 0.3) is 28.2 Å². The zero-order valence-corrected chi connectivity index (χ0v) is 21.6. The molecule has 0 amide bonds. The van der Waals surface area contributed by atoms with E-state index in [1.807, 2.05) is 18.2 Å². The van der Waals surface area contributed by atoms with Gasteiger partial charge in [0, 0.05) is 18.0 Å². The Balaban J connectivity index is 1.87. The molecule has 176 valence electrons. The van der Waals surface area contributed by atoms with Gasteiger partial charge in [0.2, 0.25) is 0 Å². The van der Waals surface area contributed by atoms with Crippen molar-refractivity contribution in [3.05, 3.63) is 87.6 Å². The minimum atomic E-state index is -3.34. The number of aliphatic hydroxyl groups is 1. The van der Waals surface area contributed by atoms with Crippen LogP contribution in [-0.2, 0) is 15.4 Å². The highest BCUT2D eigenvalue weighted by Crippen LogP contribution is 2.37. The number of hydrogen-bond donors (Lipinski definition) is 1. The van der Waals surface area contributed by atoms with E-state index in [-0.39, 0.29) is 4.90 Å². The molecule has 34 heavy (non-hydrogen) atoms. The van der Waals surface area contributed by atoms with E-state index < -0.39 is 15.4 Å². The van der Waals surface area contributed by atoms with Crippen molar-refractivity contribution in [3.63, 3.8) is 0 Å². The van der Waals surface area contributed by atoms with Crippen LogP contribution in [0.3, 0.4) is 0 Å². The predicted molar refractivity (Wildman–Crippen MR) is 138 cm³/mol. The molecule has 9 heteroatoms. The average molecular weight is 536 g/mol. The lowest BCUT2D eigenvalue weighted by Gasteiger charge is -2.13. The topological polar surface area (TPSA) is 72.2 Å². The van der Waals surface area contributed by atoms with Crippen molar-refractivity contribution in [3.8, 4) is 28.2 Å². The van der Waals surface area contributed by atoms with Crippen molar-refractivity contribution in [2.75, 3.05) is 6.26 Å². The molecule has 1 aromatic heterocycles. The molecule has 4 rings (SSSR count). The molecule has 0 spiro atoms. The average Bonchev–Trinajstić information content (AvgIpc) is 3.20. The maximum atomic E-state index is 12.0. The number of imidazole rings is 1. The summed E-state index contributed by atoms with van der Waals surface area (Å²) in [6.07, 6.45) is 2.88. The van der Waals surface area contributed by atoms with Gasteiger partial charge in [-0.15, -0.1) is 0 Å². The summed E-state index contributed by atoms with van der Waals surface area (Å²) in [6, 6.07) is 17.3. The Labute approximate surface area is 213 Å². The van der Waals surface area contributed by atoms with Crippen LogP contribution >= 0.6 is 34.8 Å². The van der Waals surface area contributed by atoms with Crippen LogP contribution in [0.2, 0.25) is 15.1 Å². The van der Waals surface area contributed by atoms with E-state index in [9.17, 15) is 13.5 Å². The Hall–Kier alpha value is -2.35. The maximum Gasteiger partial charge on any atom is 0.175 e. The Kier molecular flexibility index (Phi) is 6.57. The highest BCUT2D eigenvalue weighted by atomic mass is 35.5. The predicted octanol–water partition coefficient (Wildman–Crippen LogP) is 6.80. The van der Waals surface area contributed by atoms with Crippen molar-refractivity contribution < 1.29 is 13.5 Å². The molecule has 1 N–H and O–H groups in total. The van der Waals surface area contributed by atoms with E-state index in [4.69, 9.17) is 34.8 Å². The van der Waals surface area contributed by atoms with Crippen LogP contribution in [-0.4, -0.2) is 29.3 Å². The van der Waals surface area contributed by atoms with Crippen LogP contribution < -0.4 is 0 Å². The molecular formula is C25H21Cl3N2O3S. The van der Waals surface area contributed by atoms with E-state index in [0.717, 1.165) is 11.1 Å². The van der Waals surface area contributed by atoms with E-state index in [0.29, 0.717) is 37.8 Å². The molecule has 5 nitrogen and oxygen atoms in total. The quantitative estimate of drug-likeness (QED) is 0.305. The summed E-state index contributed by atoms with van der Waals surface area (Å²) < 4.78 is 25.7. The molecule has 0 saturated heterocycles. The van der Waals surface area contributed by atoms with Crippen LogP contribution in [0.4, 0.5) is 0 Å². The normalized spacial score (nSPS) is 12.2. The van der Waals surface area contributed by atoms with Crippen LogP contribution in [0, 0.1) is 0 Å². The number of rotatable bonds is 5. The highest BCUT2D eigenvalue weighted by molar-refractivity contribution is 7.90. The smallest absolute Gasteiger partial charge is 0.175 e. The fourth-order valence-corrected chi connectivity index (χ4v) is 4.84. The van der Waals surface area contributed by atoms with Gasteiger partial charge in [-0.3, -0.25) is 4.57 Å². The number of sulfone groups is 1. The molecule has 0 bridgehead atoms. The summed E-state index contributed by atoms with van der Waals surface area (Å²) in [6.45, 7) is 3.28. The van der Waals surface area contributed by atoms with E-state index >= 15 is 0 Å². The van der Waals surface area contributed by atoms with Crippen molar-refractivity contribution in [2.45, 2.75) is 24.3 Å². The minimum absolute atomic E-state index is 0.229. The summed E-state index contributed by atoms with van der Waals surface area (Å²) >= 11 is 19.4. The van der Waals surface area contributed by atoms with Crippen molar-refractivity contribution in [2.24, 2.45) is 0 Å². The molecule has 0 atom stereocenters. The zero-order valence-electron chi connectivity index (χ0n) is 18.6. The summed E-state index contributed by atoms with van der Waals surface area (Å²) in [5.41, 5.74) is 1.90. The number of nitrogens with zero attached hydrogens (tertiary/aromatic N) is 2. The van der Waals surface area contributed by atoms with Crippen molar-refractivity contribution in [1.29, 1.82) is 0 Å². The summed E-state index contributed by atoms with van der Waals surface area (Å²) in [4.78, 5) is 4.86. The maximum absolute atomic E-state index is 12.0. The fraction of sp³-hybridized carbons (Fsp3) is 0.160. The molecule has 0 aliphatic carbocycles. The van der Waals surface area contributed by atoms with Crippen LogP contribution in [0.5, 0.6) is 0 Å². The Morgan fingerprint density at radius 3 is 2.24 bits per heavy atom. The number of hydrogen-bond acceptors (Lipinski definition) is 4. The van der Waals surface area contributed by atoms with Gasteiger partial charge in [-0.25, -0.2) is 13.4 Å². The Morgan fingerprint density at radius 1 is 0.912 bits per heavy atom. The molecule has 3 aromatic carbocycles. The first kappa shape index (κ1) is 24.8. The van der Waals surface area contributed by atoms with Gasteiger partial charge in [0.15, 0.2) is 9.84 Å². The van der Waals surface area contributed by atoms with Gasteiger partial charge in [-0.1, -0.05) is 59.1 Å². The van der Waals surface area contributed by atoms with Gasteiger partial charge >= 0.3 is 0 Å². The van der Waals surface area contributed by atoms with Gasteiger partial charge in [-0.2, -0.15) is 0 Å². The molecule has 4 aromatic rings. The molecule has 0 unspecified atom stereocenters. The minimum Gasteiger partial charge on any atom is -0.384 e. The molecule has 1 heterocycles. The molecule has 0 radical (unpaired) electrons. The molecule has 0 aliphatic rings. The van der Waals surface area contributed by atoms with E-state index in [1.165, 1.54) is 6.26 Å². The second kappa shape index (κ2) is 9.02. The van der Waals surface area contributed by atoms with Gasteiger partial charge in [0.1, 0.15) is 11.4 Å².